The number of aryl methyl sites for hydroxylation is 1. The molecule has 1 amide bonds. The molecule has 1 atom stereocenters. The van der Waals surface area contributed by atoms with Gasteiger partial charge in [-0.25, -0.2) is 0 Å². The van der Waals surface area contributed by atoms with Crippen LogP contribution in [0.5, 0.6) is 0 Å². The van der Waals surface area contributed by atoms with Crippen molar-refractivity contribution in [3.05, 3.63) is 46.5 Å². The third-order valence-corrected chi connectivity index (χ3v) is 4.05. The molecule has 1 unspecified atom stereocenters. The molecule has 7 heteroatoms. The second-order valence-corrected chi connectivity index (χ2v) is 5.73. The van der Waals surface area contributed by atoms with E-state index in [9.17, 15) is 9.59 Å². The van der Waals surface area contributed by atoms with Crippen LogP contribution in [0.2, 0.25) is 0 Å². The molecule has 0 spiro atoms. The number of nitrogens with zero attached hydrogens (tertiary/aromatic N) is 2. The maximum absolute atomic E-state index is 12.2. The van der Waals surface area contributed by atoms with Crippen molar-refractivity contribution in [1.29, 1.82) is 0 Å². The van der Waals surface area contributed by atoms with Gasteiger partial charge in [-0.1, -0.05) is 34.8 Å². The van der Waals surface area contributed by atoms with Gasteiger partial charge in [0.2, 0.25) is 0 Å². The van der Waals surface area contributed by atoms with Gasteiger partial charge in [0.25, 0.3) is 5.91 Å². The molecule has 0 aliphatic heterocycles. The summed E-state index contributed by atoms with van der Waals surface area (Å²) >= 11 is 1.04. The van der Waals surface area contributed by atoms with Gasteiger partial charge in [-0.2, -0.15) is 0 Å². The molecule has 0 bridgehead atoms. The van der Waals surface area contributed by atoms with Crippen molar-refractivity contribution in [2.75, 3.05) is 0 Å². The first-order valence-electron chi connectivity index (χ1n) is 6.92. The summed E-state index contributed by atoms with van der Waals surface area (Å²) in [6.07, 6.45) is 0.976. The topological polar surface area (TPSA) is 92.2 Å². The van der Waals surface area contributed by atoms with Crippen LogP contribution in [-0.4, -0.2) is 32.6 Å². The lowest BCUT2D eigenvalue weighted by Gasteiger charge is -2.17. The third-order valence-electron chi connectivity index (χ3n) is 3.22. The number of amides is 1. The van der Waals surface area contributed by atoms with Crippen molar-refractivity contribution in [3.8, 4) is 0 Å². The Balaban J connectivity index is 2.05. The van der Waals surface area contributed by atoms with Gasteiger partial charge in [0, 0.05) is 12.5 Å². The SMILES string of the molecule is Cc1nnsc1C(=O)NC(CCC(=O)O)Cc1ccccc1. The van der Waals surface area contributed by atoms with Crippen molar-refractivity contribution < 1.29 is 14.7 Å². The smallest absolute Gasteiger partial charge is 0.303 e. The number of nitrogens with one attached hydrogen (secondary N) is 1. The molecule has 0 saturated carbocycles. The van der Waals surface area contributed by atoms with Crippen LogP contribution in [0.3, 0.4) is 0 Å². The molecule has 1 heterocycles. The molecule has 2 aromatic rings. The number of aliphatic carboxylic acids is 1. The van der Waals surface area contributed by atoms with E-state index in [0.29, 0.717) is 23.4 Å². The number of carbonyl (C=O) groups excluding carboxylic acids is 1. The molecule has 2 N–H and O–H groups in total. The fourth-order valence-corrected chi connectivity index (χ4v) is 2.67. The molecular formula is C15H17N3O3S. The Hall–Kier alpha value is -2.28. The standard InChI is InChI=1S/C15H17N3O3S/c1-10-14(22-18-17-10)15(21)16-12(7-8-13(19)20)9-11-5-3-2-4-6-11/h2-6,12H,7-9H2,1H3,(H,16,21)(H,19,20). The Morgan fingerprint density at radius 2 is 2.05 bits per heavy atom. The molecule has 22 heavy (non-hydrogen) atoms. The second-order valence-electron chi connectivity index (χ2n) is 4.98. The lowest BCUT2D eigenvalue weighted by atomic mass is 10.0. The van der Waals surface area contributed by atoms with E-state index in [1.165, 1.54) is 0 Å². The van der Waals surface area contributed by atoms with Crippen LogP contribution in [0.1, 0.15) is 33.8 Å². The van der Waals surface area contributed by atoms with Gasteiger partial charge in [0.15, 0.2) is 0 Å². The van der Waals surface area contributed by atoms with Crippen molar-refractivity contribution >= 4 is 23.4 Å². The predicted molar refractivity (Wildman–Crippen MR) is 82.9 cm³/mol. The van der Waals surface area contributed by atoms with E-state index >= 15 is 0 Å². The highest BCUT2D eigenvalue weighted by molar-refractivity contribution is 7.08. The predicted octanol–water partition coefficient (Wildman–Crippen LogP) is 2.05. The van der Waals surface area contributed by atoms with Gasteiger partial charge in [-0.15, -0.1) is 5.10 Å². The van der Waals surface area contributed by atoms with E-state index in [2.05, 4.69) is 14.9 Å². The van der Waals surface area contributed by atoms with E-state index in [0.717, 1.165) is 17.1 Å². The monoisotopic (exact) mass is 319 g/mol. The Bertz CT molecular complexity index is 642. The molecule has 1 aromatic carbocycles. The van der Waals surface area contributed by atoms with Crippen molar-refractivity contribution in [2.45, 2.75) is 32.2 Å². The molecular weight excluding hydrogens is 302 g/mol. The summed E-state index contributed by atoms with van der Waals surface area (Å²) in [5, 5.41) is 15.6. The summed E-state index contributed by atoms with van der Waals surface area (Å²) in [7, 11) is 0. The van der Waals surface area contributed by atoms with Gasteiger partial charge in [-0.05, 0) is 36.9 Å². The van der Waals surface area contributed by atoms with E-state index in [4.69, 9.17) is 5.11 Å². The summed E-state index contributed by atoms with van der Waals surface area (Å²) < 4.78 is 3.75. The maximum atomic E-state index is 12.2. The normalized spacial score (nSPS) is 11.9. The molecule has 1 aromatic heterocycles. The van der Waals surface area contributed by atoms with Crippen LogP contribution < -0.4 is 5.32 Å². The van der Waals surface area contributed by atoms with Crippen LogP contribution in [0.25, 0.3) is 0 Å². The maximum Gasteiger partial charge on any atom is 0.303 e. The highest BCUT2D eigenvalue weighted by Gasteiger charge is 2.19. The zero-order valence-corrected chi connectivity index (χ0v) is 13.0. The van der Waals surface area contributed by atoms with Gasteiger partial charge in [-0.3, -0.25) is 9.59 Å². The summed E-state index contributed by atoms with van der Waals surface area (Å²) in [5.74, 6) is -1.12. The minimum Gasteiger partial charge on any atom is -0.481 e. The number of hydrogen-bond acceptors (Lipinski definition) is 5. The van der Waals surface area contributed by atoms with Gasteiger partial charge in [0.1, 0.15) is 4.88 Å². The highest BCUT2D eigenvalue weighted by Crippen LogP contribution is 2.12. The first-order chi connectivity index (χ1) is 10.6. The molecule has 0 radical (unpaired) electrons. The van der Waals surface area contributed by atoms with Crippen molar-refractivity contribution in [1.82, 2.24) is 14.9 Å². The molecule has 6 nitrogen and oxygen atoms in total. The van der Waals surface area contributed by atoms with E-state index in [1.807, 2.05) is 30.3 Å². The Morgan fingerprint density at radius 3 is 2.64 bits per heavy atom. The van der Waals surface area contributed by atoms with Crippen molar-refractivity contribution in [2.24, 2.45) is 0 Å². The number of hydrogen-bond donors (Lipinski definition) is 2. The second kappa shape index (κ2) is 7.65. The number of aromatic nitrogens is 2. The summed E-state index contributed by atoms with van der Waals surface area (Å²) in [5.41, 5.74) is 1.64. The van der Waals surface area contributed by atoms with Crippen LogP contribution >= 0.6 is 11.5 Å². The van der Waals surface area contributed by atoms with Gasteiger partial charge >= 0.3 is 5.97 Å². The number of benzene rings is 1. The zero-order chi connectivity index (χ0) is 15.9. The lowest BCUT2D eigenvalue weighted by molar-refractivity contribution is -0.137. The summed E-state index contributed by atoms with van der Waals surface area (Å²) in [6.45, 7) is 1.72. The zero-order valence-electron chi connectivity index (χ0n) is 12.2. The Morgan fingerprint density at radius 1 is 1.32 bits per heavy atom. The molecule has 0 saturated heterocycles. The van der Waals surface area contributed by atoms with Crippen molar-refractivity contribution in [3.63, 3.8) is 0 Å². The molecule has 116 valence electrons. The number of rotatable bonds is 7. The van der Waals surface area contributed by atoms with Crippen LogP contribution in [0.4, 0.5) is 0 Å². The van der Waals surface area contributed by atoms with E-state index in [1.54, 1.807) is 6.92 Å². The average Bonchev–Trinajstić information content (AvgIpc) is 2.92. The van der Waals surface area contributed by atoms with Crippen LogP contribution in [0.15, 0.2) is 30.3 Å². The Kier molecular flexibility index (Phi) is 5.60. The molecule has 0 aliphatic carbocycles. The third kappa shape index (κ3) is 4.63. The van der Waals surface area contributed by atoms with Gasteiger partial charge < -0.3 is 10.4 Å². The quantitative estimate of drug-likeness (QED) is 0.815. The Labute approximate surface area is 132 Å². The minimum absolute atomic E-state index is 0.0116. The molecule has 0 fully saturated rings. The van der Waals surface area contributed by atoms with E-state index < -0.39 is 5.97 Å². The lowest BCUT2D eigenvalue weighted by Crippen LogP contribution is -2.36. The summed E-state index contributed by atoms with van der Waals surface area (Å²) in [4.78, 5) is 23.5. The summed E-state index contributed by atoms with van der Waals surface area (Å²) in [6, 6.07) is 9.43. The first kappa shape index (κ1) is 16.1. The highest BCUT2D eigenvalue weighted by atomic mass is 32.1. The molecule has 2 rings (SSSR count). The average molecular weight is 319 g/mol. The number of carboxylic acids is 1. The fourth-order valence-electron chi connectivity index (χ4n) is 2.11. The minimum atomic E-state index is -0.872. The molecule has 0 aliphatic rings. The fraction of sp³-hybridized carbons (Fsp3) is 0.333. The van der Waals surface area contributed by atoms with Gasteiger partial charge in [0.05, 0.1) is 5.69 Å². The first-order valence-corrected chi connectivity index (χ1v) is 7.69. The number of carboxylic acid groups (broad SMARTS) is 1. The largest absolute Gasteiger partial charge is 0.481 e. The van der Waals surface area contributed by atoms with Crippen LogP contribution in [-0.2, 0) is 11.2 Å². The number of carbonyl (C=O) groups is 2. The van der Waals surface area contributed by atoms with Crippen LogP contribution in [0, 0.1) is 6.92 Å². The van der Waals surface area contributed by atoms with E-state index in [-0.39, 0.29) is 18.4 Å².